The minimum absolute atomic E-state index is 0.518. The van der Waals surface area contributed by atoms with Crippen molar-refractivity contribution < 1.29 is 46.2 Å². The summed E-state index contributed by atoms with van der Waals surface area (Å²) in [5, 5.41) is 20.9. The lowest BCUT2D eigenvalue weighted by atomic mass is 10.1. The van der Waals surface area contributed by atoms with E-state index in [1.807, 2.05) is 0 Å². The molecule has 0 saturated heterocycles. The normalized spacial score (nSPS) is 11.5. The van der Waals surface area contributed by atoms with Crippen LogP contribution in [0, 0.1) is 0 Å². The van der Waals surface area contributed by atoms with Crippen molar-refractivity contribution in [1.82, 2.24) is 0 Å². The Hall–Kier alpha value is -4.39. The monoisotopic (exact) mass is 819 g/mol. The largest absolute Gasteiger partial charge is 0.744 e. The summed E-state index contributed by atoms with van der Waals surface area (Å²) < 4.78 is 35.4. The van der Waals surface area contributed by atoms with Gasteiger partial charge in [0.2, 0.25) is 0 Å². The summed E-state index contributed by atoms with van der Waals surface area (Å²) in [4.78, 5) is 19.9. The molecule has 0 aliphatic rings. The molecule has 0 aliphatic heterocycles. The molecule has 0 unspecified atom stereocenters. The molecule has 320 valence electrons. The van der Waals surface area contributed by atoms with E-state index in [2.05, 4.69) is 153 Å². The minimum atomic E-state index is -4.95. The molecule has 0 spiro atoms. The number of rotatable bonds is 18. The van der Waals surface area contributed by atoms with Gasteiger partial charge in [-0.05, 0) is 91.6 Å². The number of carboxylic acid groups (broad SMARTS) is 2. The molecule has 0 N–H and O–H groups in total. The lowest BCUT2D eigenvalue weighted by Crippen LogP contribution is -2.46. The van der Waals surface area contributed by atoms with Crippen molar-refractivity contribution in [3.63, 3.8) is 0 Å². The van der Waals surface area contributed by atoms with Crippen LogP contribution in [0.25, 0.3) is 0 Å². The molecule has 4 rings (SSSR count). The Kier molecular flexibility index (Phi) is 23.0. The summed E-state index contributed by atoms with van der Waals surface area (Å²) in [7, 11) is -4.95. The predicted octanol–water partition coefficient (Wildman–Crippen LogP) is 6.51. The van der Waals surface area contributed by atoms with E-state index in [0.29, 0.717) is 18.2 Å². The van der Waals surface area contributed by atoms with Crippen molar-refractivity contribution in [2.75, 3.05) is 58.9 Å². The molecule has 0 aromatic heterocycles. The quantitative estimate of drug-likeness (QED) is 0.0825. The summed E-state index contributed by atoms with van der Waals surface area (Å²) in [6.45, 7) is 35.1. The number of benzene rings is 4. The van der Waals surface area contributed by atoms with E-state index in [9.17, 15) is 32.8 Å². The molecule has 10 nitrogen and oxygen atoms in total. The van der Waals surface area contributed by atoms with Crippen LogP contribution >= 0.6 is 0 Å². The second-order valence-corrected chi connectivity index (χ2v) is 16.0. The van der Waals surface area contributed by atoms with Crippen molar-refractivity contribution in [3.8, 4) is 0 Å². The molecule has 0 atom stereocenters. The van der Waals surface area contributed by atoms with E-state index in [0.717, 1.165) is 0 Å². The zero-order valence-electron chi connectivity index (χ0n) is 36.5. The highest BCUT2D eigenvalue weighted by atomic mass is 32.2. The first-order valence-electron chi connectivity index (χ1n) is 20.7. The summed E-state index contributed by atoms with van der Waals surface area (Å²) in [6, 6.07) is 34.1. The van der Waals surface area contributed by atoms with Gasteiger partial charge in [0.25, 0.3) is 0 Å². The maximum atomic E-state index is 10.6. The van der Waals surface area contributed by atoms with Gasteiger partial charge >= 0.3 is 0 Å². The Morgan fingerprint density at radius 1 is 0.431 bits per heavy atom. The van der Waals surface area contributed by atoms with Crippen molar-refractivity contribution in [2.24, 2.45) is 0 Å². The lowest BCUT2D eigenvalue weighted by molar-refractivity contribution is -0.936. The van der Waals surface area contributed by atoms with Crippen molar-refractivity contribution in [1.29, 1.82) is 0 Å². The average Bonchev–Trinajstić information content (AvgIpc) is 3.25. The molecule has 0 radical (unpaired) electrons. The molecule has 58 heavy (non-hydrogen) atoms. The number of hydrogen-bond acceptors (Lipinski definition) is 7. The maximum Gasteiger partial charge on any atom is 0.124 e. The highest BCUT2D eigenvalue weighted by molar-refractivity contribution is 7.85. The van der Waals surface area contributed by atoms with Crippen LogP contribution in [0.2, 0.25) is 0 Å². The van der Waals surface area contributed by atoms with E-state index in [-0.39, 0.29) is 0 Å². The van der Waals surface area contributed by atoms with Gasteiger partial charge in [-0.2, -0.15) is 0 Å². The first-order valence-corrected chi connectivity index (χ1v) is 22.1. The summed E-state index contributed by atoms with van der Waals surface area (Å²) in [5.41, 5.74) is 2.92. The molecule has 4 aromatic carbocycles. The molecule has 0 amide bonds. The van der Waals surface area contributed by atoms with Gasteiger partial charge in [-0.25, -0.2) is 8.42 Å². The van der Waals surface area contributed by atoms with Crippen LogP contribution in [0.4, 0.5) is 0 Å². The third kappa shape index (κ3) is 17.2. The molecular formula is C47H69N3O7S. The number of carbonyl (C=O) groups excluding carboxylic acids is 2. The van der Waals surface area contributed by atoms with E-state index >= 15 is 0 Å². The predicted molar refractivity (Wildman–Crippen MR) is 229 cm³/mol. The summed E-state index contributed by atoms with van der Waals surface area (Å²) in [5.74, 6) is -3.60. The van der Waals surface area contributed by atoms with E-state index in [1.165, 1.54) is 109 Å². The fourth-order valence-electron chi connectivity index (χ4n) is 6.91. The molecular weight excluding hydrogens is 751 g/mol. The molecule has 4 aromatic rings. The SMILES string of the molecule is CC[N+](CC)(CC)Cc1ccccc1.CC[N+](CC)(CC)Cc1ccccc1.CC[N+](CC)(CC)Cc1ccccc1.O=C([O-])c1cc(C(=O)[O-])cc(S(=O)(=O)[O-])c1. The number of aromatic carboxylic acids is 2. The molecule has 0 heterocycles. The Labute approximate surface area is 349 Å². The molecule has 11 heteroatoms. The van der Waals surface area contributed by atoms with Gasteiger partial charge in [0.05, 0.1) is 75.7 Å². The summed E-state index contributed by atoms with van der Waals surface area (Å²) >= 11 is 0. The number of hydrogen-bond donors (Lipinski definition) is 0. The first kappa shape index (κ1) is 51.6. The third-order valence-corrected chi connectivity index (χ3v) is 12.6. The fourth-order valence-corrected chi connectivity index (χ4v) is 7.45. The highest BCUT2D eigenvalue weighted by Gasteiger charge is 2.22. The van der Waals surface area contributed by atoms with Gasteiger partial charge < -0.3 is 37.8 Å². The van der Waals surface area contributed by atoms with Gasteiger partial charge in [0, 0.05) is 16.7 Å². The Morgan fingerprint density at radius 2 is 0.655 bits per heavy atom. The van der Waals surface area contributed by atoms with Gasteiger partial charge in [0.15, 0.2) is 0 Å². The zero-order valence-corrected chi connectivity index (χ0v) is 37.3. The number of carbonyl (C=O) groups is 2. The molecule has 0 bridgehead atoms. The topological polar surface area (TPSA) is 137 Å². The smallest absolute Gasteiger partial charge is 0.124 e. The van der Waals surface area contributed by atoms with Crippen molar-refractivity contribution in [2.45, 2.75) is 86.8 Å². The Balaban J connectivity index is 0.000000387. The minimum Gasteiger partial charge on any atom is -0.744 e. The van der Waals surface area contributed by atoms with Gasteiger partial charge in [-0.1, -0.05) is 91.0 Å². The molecule has 0 fully saturated rings. The van der Waals surface area contributed by atoms with Crippen LogP contribution in [0.15, 0.2) is 114 Å². The van der Waals surface area contributed by atoms with Crippen LogP contribution in [0.5, 0.6) is 0 Å². The van der Waals surface area contributed by atoms with Crippen LogP contribution in [-0.4, -0.2) is 97.3 Å². The first-order chi connectivity index (χ1) is 27.5. The molecule has 0 saturated carbocycles. The second kappa shape index (κ2) is 25.9. The van der Waals surface area contributed by atoms with E-state index in [1.54, 1.807) is 0 Å². The van der Waals surface area contributed by atoms with Crippen LogP contribution in [0.3, 0.4) is 0 Å². The fraction of sp³-hybridized carbons (Fsp3) is 0.447. The average molecular weight is 820 g/mol. The standard InChI is InChI=1S/3C13H22N.C8H6O7S/c3*1-4-14(5-2,6-3)12-13-10-8-7-9-11-13;9-7(10)4-1-5(8(11)12)3-6(2-4)16(13,14)15/h3*7-11H,4-6,12H2,1-3H3;1-3H,(H,9,10)(H,11,12)(H,13,14,15)/q3*+1;/p-3. The van der Waals surface area contributed by atoms with Crippen LogP contribution in [-0.2, 0) is 29.8 Å². The highest BCUT2D eigenvalue weighted by Crippen LogP contribution is 2.17. The lowest BCUT2D eigenvalue weighted by Gasteiger charge is -2.35. The van der Waals surface area contributed by atoms with Crippen molar-refractivity contribution >= 4 is 22.1 Å². The summed E-state index contributed by atoms with van der Waals surface area (Å²) in [6.07, 6.45) is 0. The van der Waals surface area contributed by atoms with Gasteiger partial charge in [0.1, 0.15) is 29.8 Å². The Bertz CT molecular complexity index is 1670. The third-order valence-electron chi connectivity index (χ3n) is 11.8. The van der Waals surface area contributed by atoms with E-state index < -0.39 is 38.1 Å². The van der Waals surface area contributed by atoms with Crippen molar-refractivity contribution in [3.05, 3.63) is 137 Å². The van der Waals surface area contributed by atoms with Gasteiger partial charge in [-0.15, -0.1) is 0 Å². The van der Waals surface area contributed by atoms with Crippen LogP contribution < -0.4 is 10.2 Å². The number of nitrogens with zero attached hydrogens (tertiary/aromatic N) is 3. The number of carboxylic acids is 2. The van der Waals surface area contributed by atoms with Gasteiger partial charge in [-0.3, -0.25) is 0 Å². The van der Waals surface area contributed by atoms with E-state index in [4.69, 9.17) is 0 Å². The molecule has 0 aliphatic carbocycles. The second-order valence-electron chi connectivity index (χ2n) is 14.6. The zero-order chi connectivity index (χ0) is 43.8. The maximum absolute atomic E-state index is 10.6. The Morgan fingerprint density at radius 3 is 0.828 bits per heavy atom. The van der Waals surface area contributed by atoms with Crippen LogP contribution in [0.1, 0.15) is 99.7 Å². The number of quaternary nitrogens is 3.